The highest BCUT2D eigenvalue weighted by Gasteiger charge is 2.18. The zero-order valence-corrected chi connectivity index (χ0v) is 18.2. The average molecular weight is 435 g/mol. The first-order valence-electron chi connectivity index (χ1n) is 9.18. The van der Waals surface area contributed by atoms with Gasteiger partial charge in [-0.15, -0.1) is 24.8 Å². The Morgan fingerprint density at radius 2 is 1.75 bits per heavy atom. The molecule has 9 heteroatoms. The summed E-state index contributed by atoms with van der Waals surface area (Å²) in [7, 11) is 0. The first-order chi connectivity index (χ1) is 12.5. The van der Waals surface area contributed by atoms with E-state index in [9.17, 15) is 9.59 Å². The Hall–Kier alpha value is -1.54. The molecule has 3 N–H and O–H groups in total. The Bertz CT molecular complexity index is 591. The van der Waals surface area contributed by atoms with Crippen molar-refractivity contribution in [3.63, 3.8) is 0 Å². The molecule has 1 aromatic rings. The van der Waals surface area contributed by atoms with E-state index in [4.69, 9.17) is 10.5 Å². The third kappa shape index (κ3) is 9.10. The number of hydrogen-bond donors (Lipinski definition) is 2. The van der Waals surface area contributed by atoms with E-state index in [0.29, 0.717) is 13.2 Å². The molecule has 0 bridgehead atoms. The van der Waals surface area contributed by atoms with Gasteiger partial charge in [-0.05, 0) is 31.0 Å². The van der Waals surface area contributed by atoms with Crippen molar-refractivity contribution in [3.05, 3.63) is 29.8 Å². The van der Waals surface area contributed by atoms with Crippen molar-refractivity contribution in [2.45, 2.75) is 26.3 Å². The number of nitrogens with two attached hydrogens (primary N) is 1. The molecule has 1 aliphatic heterocycles. The molecule has 0 saturated carbocycles. The second kappa shape index (κ2) is 13.6. The first-order valence-corrected chi connectivity index (χ1v) is 9.18. The number of nitrogens with zero attached hydrogens (tertiary/aromatic N) is 2. The van der Waals surface area contributed by atoms with E-state index < -0.39 is 6.04 Å². The SMILES string of the molecule is CC(=O)N1CCN(CCOc2ccc(CCNC(=O)[C@@H](C)N)cc2)CC1.Cl.Cl. The normalized spacial score (nSPS) is 15.0. The van der Waals surface area contributed by atoms with Gasteiger partial charge >= 0.3 is 0 Å². The highest BCUT2D eigenvalue weighted by atomic mass is 35.5. The maximum absolute atomic E-state index is 11.4. The van der Waals surface area contributed by atoms with Crippen molar-refractivity contribution in [3.8, 4) is 5.75 Å². The molecule has 1 atom stereocenters. The van der Waals surface area contributed by atoms with Crippen LogP contribution >= 0.6 is 24.8 Å². The summed E-state index contributed by atoms with van der Waals surface area (Å²) < 4.78 is 5.80. The van der Waals surface area contributed by atoms with Gasteiger partial charge in [-0.3, -0.25) is 14.5 Å². The van der Waals surface area contributed by atoms with Crippen LogP contribution in [0.3, 0.4) is 0 Å². The lowest BCUT2D eigenvalue weighted by atomic mass is 10.1. The van der Waals surface area contributed by atoms with Crippen molar-refractivity contribution in [1.82, 2.24) is 15.1 Å². The van der Waals surface area contributed by atoms with Crippen molar-refractivity contribution in [2.75, 3.05) is 45.9 Å². The van der Waals surface area contributed by atoms with Gasteiger partial charge in [0.2, 0.25) is 11.8 Å². The third-order valence-electron chi connectivity index (χ3n) is 4.54. The van der Waals surface area contributed by atoms with Gasteiger partial charge in [0.15, 0.2) is 0 Å². The minimum Gasteiger partial charge on any atom is -0.492 e. The second-order valence-electron chi connectivity index (χ2n) is 6.67. The lowest BCUT2D eigenvalue weighted by molar-refractivity contribution is -0.130. The molecule has 2 rings (SSSR count). The van der Waals surface area contributed by atoms with Crippen LogP contribution in [0.5, 0.6) is 5.75 Å². The monoisotopic (exact) mass is 434 g/mol. The summed E-state index contributed by atoms with van der Waals surface area (Å²) in [4.78, 5) is 26.9. The predicted molar refractivity (Wildman–Crippen MR) is 115 cm³/mol. The number of benzene rings is 1. The van der Waals surface area contributed by atoms with E-state index in [2.05, 4.69) is 10.2 Å². The zero-order valence-electron chi connectivity index (χ0n) is 16.6. The Labute approximate surface area is 179 Å². The fourth-order valence-electron chi connectivity index (χ4n) is 2.82. The first kappa shape index (κ1) is 26.5. The third-order valence-corrected chi connectivity index (χ3v) is 4.54. The molecule has 0 aromatic heterocycles. The molecular weight excluding hydrogens is 403 g/mol. The molecule has 1 heterocycles. The number of hydrogen-bond acceptors (Lipinski definition) is 5. The minimum atomic E-state index is -0.476. The lowest BCUT2D eigenvalue weighted by Gasteiger charge is -2.34. The summed E-state index contributed by atoms with van der Waals surface area (Å²) in [5.74, 6) is 0.864. The van der Waals surface area contributed by atoms with Crippen LogP contribution in [0.15, 0.2) is 24.3 Å². The van der Waals surface area contributed by atoms with Gasteiger partial charge in [0.25, 0.3) is 0 Å². The van der Waals surface area contributed by atoms with E-state index in [1.807, 2.05) is 29.2 Å². The predicted octanol–water partition coefficient (Wildman–Crippen LogP) is 1.08. The molecule has 28 heavy (non-hydrogen) atoms. The smallest absolute Gasteiger partial charge is 0.236 e. The molecule has 1 fully saturated rings. The fourth-order valence-corrected chi connectivity index (χ4v) is 2.82. The van der Waals surface area contributed by atoms with Gasteiger partial charge in [0, 0.05) is 46.2 Å². The van der Waals surface area contributed by atoms with Gasteiger partial charge in [0.05, 0.1) is 6.04 Å². The van der Waals surface area contributed by atoms with Crippen LogP contribution in [0, 0.1) is 0 Å². The number of rotatable bonds is 8. The van der Waals surface area contributed by atoms with Gasteiger partial charge in [0.1, 0.15) is 12.4 Å². The van der Waals surface area contributed by atoms with E-state index >= 15 is 0 Å². The maximum atomic E-state index is 11.4. The Morgan fingerprint density at radius 3 is 2.29 bits per heavy atom. The minimum absolute atomic E-state index is 0. The van der Waals surface area contributed by atoms with Crippen LogP contribution in [0.1, 0.15) is 19.4 Å². The molecule has 1 aliphatic rings. The van der Waals surface area contributed by atoms with E-state index in [1.165, 1.54) is 0 Å². The largest absolute Gasteiger partial charge is 0.492 e. The number of nitrogens with one attached hydrogen (secondary N) is 1. The van der Waals surface area contributed by atoms with Crippen molar-refractivity contribution in [1.29, 1.82) is 0 Å². The van der Waals surface area contributed by atoms with Gasteiger partial charge in [-0.1, -0.05) is 12.1 Å². The van der Waals surface area contributed by atoms with E-state index in [1.54, 1.807) is 13.8 Å². The van der Waals surface area contributed by atoms with Crippen molar-refractivity contribution < 1.29 is 14.3 Å². The molecule has 160 valence electrons. The second-order valence-corrected chi connectivity index (χ2v) is 6.67. The molecule has 2 amide bonds. The van der Waals surface area contributed by atoms with Crippen LogP contribution in [0.25, 0.3) is 0 Å². The number of ether oxygens (including phenoxy) is 1. The van der Waals surface area contributed by atoms with Gasteiger partial charge in [-0.2, -0.15) is 0 Å². The Kier molecular flexibility index (Phi) is 12.9. The molecular formula is C19H32Cl2N4O3. The summed E-state index contributed by atoms with van der Waals surface area (Å²) in [6.45, 7) is 8.74. The fraction of sp³-hybridized carbons (Fsp3) is 0.579. The molecule has 0 aliphatic carbocycles. The molecule has 7 nitrogen and oxygen atoms in total. The number of carbonyl (C=O) groups is 2. The zero-order chi connectivity index (χ0) is 18.9. The summed E-state index contributed by atoms with van der Waals surface area (Å²) in [5.41, 5.74) is 6.65. The number of carbonyl (C=O) groups excluding carboxylic acids is 2. The summed E-state index contributed by atoms with van der Waals surface area (Å²) >= 11 is 0. The summed E-state index contributed by atoms with van der Waals surface area (Å²) in [5, 5.41) is 2.80. The van der Waals surface area contributed by atoms with Crippen molar-refractivity contribution in [2.24, 2.45) is 5.73 Å². The summed E-state index contributed by atoms with van der Waals surface area (Å²) in [6, 6.07) is 7.46. The highest BCUT2D eigenvalue weighted by Crippen LogP contribution is 2.12. The standard InChI is InChI=1S/C19H30N4O3.2ClH/c1-15(20)19(25)21-8-7-17-3-5-18(6-4-17)26-14-13-22-9-11-23(12-10-22)16(2)24;;/h3-6,15H,7-14,20H2,1-2H3,(H,21,25);2*1H/t15-;;/m1../s1. The van der Waals surface area contributed by atoms with Crippen LogP contribution in [-0.4, -0.2) is 73.5 Å². The molecule has 1 aromatic carbocycles. The number of amides is 2. The Balaban J connectivity index is 0.00000364. The molecule has 0 spiro atoms. The van der Waals surface area contributed by atoms with Crippen LogP contribution in [0.2, 0.25) is 0 Å². The van der Waals surface area contributed by atoms with Crippen LogP contribution < -0.4 is 15.8 Å². The van der Waals surface area contributed by atoms with Crippen LogP contribution in [0.4, 0.5) is 0 Å². The highest BCUT2D eigenvalue weighted by molar-refractivity contribution is 5.85. The molecule has 1 saturated heterocycles. The number of piperazine rings is 1. The van der Waals surface area contributed by atoms with Gasteiger partial charge < -0.3 is 20.7 Å². The topological polar surface area (TPSA) is 87.9 Å². The lowest BCUT2D eigenvalue weighted by Crippen LogP contribution is -2.48. The Morgan fingerprint density at radius 1 is 1.14 bits per heavy atom. The van der Waals surface area contributed by atoms with E-state index in [0.717, 1.165) is 50.5 Å². The van der Waals surface area contributed by atoms with Crippen molar-refractivity contribution >= 4 is 36.6 Å². The molecule has 0 unspecified atom stereocenters. The number of halogens is 2. The van der Waals surface area contributed by atoms with Crippen LogP contribution in [-0.2, 0) is 16.0 Å². The summed E-state index contributed by atoms with van der Waals surface area (Å²) in [6.07, 6.45) is 0.763. The van der Waals surface area contributed by atoms with Gasteiger partial charge in [-0.25, -0.2) is 0 Å². The quantitative estimate of drug-likeness (QED) is 0.638. The maximum Gasteiger partial charge on any atom is 0.236 e. The van der Waals surface area contributed by atoms with E-state index in [-0.39, 0.29) is 36.6 Å². The average Bonchev–Trinajstić information content (AvgIpc) is 2.63. The molecule has 0 radical (unpaired) electrons.